The minimum absolute atomic E-state index is 0.0637. The smallest absolute Gasteiger partial charge is 0.234 e. The van der Waals surface area contributed by atoms with Crippen LogP contribution >= 0.6 is 0 Å². The first-order valence-electron chi connectivity index (χ1n) is 9.26. The molecule has 1 N–H and O–H groups in total. The highest BCUT2D eigenvalue weighted by Gasteiger charge is 2.17. The summed E-state index contributed by atoms with van der Waals surface area (Å²) in [4.78, 5) is 16.6. The molecule has 144 valence electrons. The molecule has 0 spiro atoms. The standard InChI is InChI=1S/C21H25F2N3O/c1-16-3-4-17(13-20(16)23)14-24-21(27)15-25-9-2-10-26(12-11-25)19-7-5-18(22)6-8-19/h3-8,13H,2,9-12,14-15H2,1H3,(H,24,27). The van der Waals surface area contributed by atoms with Gasteiger partial charge in [0.25, 0.3) is 0 Å². The molecule has 0 unspecified atom stereocenters. The molecule has 1 saturated heterocycles. The molecule has 3 rings (SSSR count). The number of carbonyl (C=O) groups is 1. The van der Waals surface area contributed by atoms with Crippen molar-refractivity contribution in [3.63, 3.8) is 0 Å². The molecule has 0 saturated carbocycles. The highest BCUT2D eigenvalue weighted by Crippen LogP contribution is 2.17. The largest absolute Gasteiger partial charge is 0.370 e. The van der Waals surface area contributed by atoms with Crippen molar-refractivity contribution in [2.75, 3.05) is 37.6 Å². The first-order chi connectivity index (χ1) is 13.0. The lowest BCUT2D eigenvalue weighted by atomic mass is 10.1. The minimum atomic E-state index is -0.254. The van der Waals surface area contributed by atoms with Crippen molar-refractivity contribution < 1.29 is 13.6 Å². The lowest BCUT2D eigenvalue weighted by Crippen LogP contribution is -2.39. The normalized spacial score (nSPS) is 15.4. The van der Waals surface area contributed by atoms with Gasteiger partial charge in [-0.05, 0) is 54.8 Å². The van der Waals surface area contributed by atoms with E-state index in [9.17, 15) is 13.6 Å². The fourth-order valence-corrected chi connectivity index (χ4v) is 3.25. The van der Waals surface area contributed by atoms with Crippen molar-refractivity contribution in [3.05, 3.63) is 65.2 Å². The third kappa shape index (κ3) is 5.50. The molecule has 4 nitrogen and oxygen atoms in total. The maximum Gasteiger partial charge on any atom is 0.234 e. The average Bonchev–Trinajstić information content (AvgIpc) is 2.89. The Morgan fingerprint density at radius 1 is 1.04 bits per heavy atom. The number of nitrogens with one attached hydrogen (secondary N) is 1. The summed E-state index contributed by atoms with van der Waals surface area (Å²) in [6.07, 6.45) is 0.938. The zero-order valence-corrected chi connectivity index (χ0v) is 15.5. The van der Waals surface area contributed by atoms with Crippen molar-refractivity contribution in [3.8, 4) is 0 Å². The van der Waals surface area contributed by atoms with Crippen LogP contribution in [0.25, 0.3) is 0 Å². The summed E-state index contributed by atoms with van der Waals surface area (Å²) < 4.78 is 26.7. The third-order valence-electron chi connectivity index (χ3n) is 4.87. The molecule has 1 aliphatic rings. The average molecular weight is 373 g/mol. The van der Waals surface area contributed by atoms with Gasteiger partial charge in [-0.25, -0.2) is 8.78 Å². The van der Waals surface area contributed by atoms with Crippen LogP contribution in [-0.4, -0.2) is 43.5 Å². The van der Waals surface area contributed by atoms with Gasteiger partial charge in [0.15, 0.2) is 0 Å². The van der Waals surface area contributed by atoms with Gasteiger partial charge in [-0.15, -0.1) is 0 Å². The highest BCUT2D eigenvalue weighted by atomic mass is 19.1. The monoisotopic (exact) mass is 373 g/mol. The Morgan fingerprint density at radius 2 is 1.81 bits per heavy atom. The van der Waals surface area contributed by atoms with Crippen LogP contribution in [0.3, 0.4) is 0 Å². The summed E-state index contributed by atoms with van der Waals surface area (Å²) >= 11 is 0. The van der Waals surface area contributed by atoms with Gasteiger partial charge in [-0.3, -0.25) is 9.69 Å². The molecule has 0 aromatic heterocycles. The number of hydrogen-bond donors (Lipinski definition) is 1. The number of hydrogen-bond acceptors (Lipinski definition) is 3. The van der Waals surface area contributed by atoms with E-state index in [4.69, 9.17) is 0 Å². The SMILES string of the molecule is Cc1ccc(CNC(=O)CN2CCCN(c3ccc(F)cc3)CC2)cc1F. The second-order valence-corrected chi connectivity index (χ2v) is 6.95. The quantitative estimate of drug-likeness (QED) is 0.875. The highest BCUT2D eigenvalue weighted by molar-refractivity contribution is 5.78. The number of carbonyl (C=O) groups excluding carboxylic acids is 1. The van der Waals surface area contributed by atoms with Gasteiger partial charge < -0.3 is 10.2 Å². The minimum Gasteiger partial charge on any atom is -0.370 e. The topological polar surface area (TPSA) is 35.6 Å². The van der Waals surface area contributed by atoms with Crippen LogP contribution < -0.4 is 10.2 Å². The molecule has 2 aromatic carbocycles. The van der Waals surface area contributed by atoms with E-state index < -0.39 is 0 Å². The fraction of sp³-hybridized carbons (Fsp3) is 0.381. The molecule has 1 aliphatic heterocycles. The van der Waals surface area contributed by atoms with E-state index in [1.54, 1.807) is 25.1 Å². The van der Waals surface area contributed by atoms with Crippen molar-refractivity contribution in [2.24, 2.45) is 0 Å². The number of rotatable bonds is 5. The summed E-state index contributed by atoms with van der Waals surface area (Å²) in [7, 11) is 0. The number of aryl methyl sites for hydroxylation is 1. The van der Waals surface area contributed by atoms with Crippen LogP contribution in [0, 0.1) is 18.6 Å². The summed E-state index contributed by atoms with van der Waals surface area (Å²) in [5.74, 6) is -0.554. The molecule has 1 heterocycles. The number of anilines is 1. The second-order valence-electron chi connectivity index (χ2n) is 6.95. The van der Waals surface area contributed by atoms with Gasteiger partial charge in [-0.1, -0.05) is 12.1 Å². The van der Waals surface area contributed by atoms with Gasteiger partial charge in [0, 0.05) is 38.4 Å². The summed E-state index contributed by atoms with van der Waals surface area (Å²) in [5.41, 5.74) is 2.36. The lowest BCUT2D eigenvalue weighted by molar-refractivity contribution is -0.122. The van der Waals surface area contributed by atoms with E-state index in [0.717, 1.165) is 43.9 Å². The third-order valence-corrected chi connectivity index (χ3v) is 4.87. The Hall–Kier alpha value is -2.47. The molecular formula is C21H25F2N3O. The van der Waals surface area contributed by atoms with Gasteiger partial charge in [0.2, 0.25) is 5.91 Å². The van der Waals surface area contributed by atoms with Crippen molar-refractivity contribution in [1.29, 1.82) is 0 Å². The second kappa shape index (κ2) is 8.95. The lowest BCUT2D eigenvalue weighted by Gasteiger charge is -2.23. The first-order valence-corrected chi connectivity index (χ1v) is 9.26. The van der Waals surface area contributed by atoms with E-state index in [1.165, 1.54) is 18.2 Å². The van der Waals surface area contributed by atoms with Gasteiger partial charge in [-0.2, -0.15) is 0 Å². The van der Waals surface area contributed by atoms with E-state index in [0.29, 0.717) is 18.7 Å². The van der Waals surface area contributed by atoms with E-state index in [-0.39, 0.29) is 17.5 Å². The van der Waals surface area contributed by atoms with E-state index in [2.05, 4.69) is 15.1 Å². The van der Waals surface area contributed by atoms with Crippen molar-refractivity contribution in [2.45, 2.75) is 19.9 Å². The van der Waals surface area contributed by atoms with Crippen molar-refractivity contribution in [1.82, 2.24) is 10.2 Å². The van der Waals surface area contributed by atoms with Gasteiger partial charge in [0.1, 0.15) is 11.6 Å². The maximum atomic E-state index is 13.6. The van der Waals surface area contributed by atoms with E-state index >= 15 is 0 Å². The van der Waals surface area contributed by atoms with Crippen LogP contribution in [-0.2, 0) is 11.3 Å². The zero-order chi connectivity index (χ0) is 19.2. The van der Waals surface area contributed by atoms with Gasteiger partial charge in [0.05, 0.1) is 6.54 Å². The Bertz CT molecular complexity index is 779. The number of halogens is 2. The van der Waals surface area contributed by atoms with E-state index in [1.807, 2.05) is 6.07 Å². The molecule has 2 aromatic rings. The molecular weight excluding hydrogens is 348 g/mol. The molecule has 6 heteroatoms. The number of amides is 1. The fourth-order valence-electron chi connectivity index (χ4n) is 3.25. The summed E-state index contributed by atoms with van der Waals surface area (Å²) in [6.45, 7) is 5.64. The molecule has 1 fully saturated rings. The van der Waals surface area contributed by atoms with Crippen LogP contribution in [0.1, 0.15) is 17.5 Å². The van der Waals surface area contributed by atoms with Crippen LogP contribution in [0.5, 0.6) is 0 Å². The molecule has 0 radical (unpaired) electrons. The van der Waals surface area contributed by atoms with Gasteiger partial charge >= 0.3 is 0 Å². The Morgan fingerprint density at radius 3 is 2.56 bits per heavy atom. The first kappa shape index (κ1) is 19.3. The van der Waals surface area contributed by atoms with Crippen molar-refractivity contribution >= 4 is 11.6 Å². The number of nitrogens with zero attached hydrogens (tertiary/aromatic N) is 2. The van der Waals surface area contributed by atoms with Crippen LogP contribution in [0.15, 0.2) is 42.5 Å². The molecule has 0 aliphatic carbocycles. The molecule has 1 amide bonds. The summed E-state index contributed by atoms with van der Waals surface area (Å²) in [6, 6.07) is 11.5. The Balaban J connectivity index is 1.47. The predicted octanol–water partition coefficient (Wildman–Crippen LogP) is 3.10. The number of benzene rings is 2. The van der Waals surface area contributed by atoms with Crippen LogP contribution in [0.4, 0.5) is 14.5 Å². The predicted molar refractivity (Wildman–Crippen MR) is 103 cm³/mol. The van der Waals surface area contributed by atoms with Crippen LogP contribution in [0.2, 0.25) is 0 Å². The summed E-state index contributed by atoms with van der Waals surface area (Å²) in [5, 5.41) is 2.86. The Labute approximate surface area is 158 Å². The maximum absolute atomic E-state index is 13.6. The zero-order valence-electron chi connectivity index (χ0n) is 15.5. The molecule has 27 heavy (non-hydrogen) atoms. The molecule has 0 bridgehead atoms. The Kier molecular flexibility index (Phi) is 6.40. The molecule has 0 atom stereocenters.